The van der Waals surface area contributed by atoms with E-state index in [-0.39, 0.29) is 17.1 Å². The molecule has 0 unspecified atom stereocenters. The summed E-state index contributed by atoms with van der Waals surface area (Å²) in [6, 6.07) is 21.3. The second-order valence-corrected chi connectivity index (χ2v) is 9.19. The number of rotatable bonds is 2. The van der Waals surface area contributed by atoms with E-state index in [1.807, 2.05) is 36.4 Å². The molecule has 9 heteroatoms. The van der Waals surface area contributed by atoms with Gasteiger partial charge in [0, 0.05) is 15.2 Å². The molecule has 4 aromatic carbocycles. The third-order valence-corrected chi connectivity index (χ3v) is 6.26. The molecule has 0 aliphatic rings. The molecule has 7 nitrogen and oxygen atoms in total. The minimum Gasteiger partial charge on any atom is -0.512 e. The van der Waals surface area contributed by atoms with Gasteiger partial charge in [-0.05, 0) is 60.5 Å². The number of H-pyrrole nitrogens is 1. The van der Waals surface area contributed by atoms with Crippen LogP contribution in [-0.2, 0) is 22.7 Å². The fraction of sp³-hybridized carbons (Fsp3) is 0.107. The first-order valence-electron chi connectivity index (χ1n) is 10.5. The van der Waals surface area contributed by atoms with E-state index in [2.05, 4.69) is 33.1 Å². The number of aromatic nitrogens is 2. The van der Waals surface area contributed by atoms with Crippen molar-refractivity contribution in [3.05, 3.63) is 88.9 Å². The minimum absolute atomic E-state index is 0. The number of aromatic amines is 1. The van der Waals surface area contributed by atoms with Crippen LogP contribution in [0.25, 0.3) is 44.0 Å². The minimum atomic E-state index is -0.978. The number of halogens is 1. The normalized spacial score (nSPS) is 10.2. The Morgan fingerprint density at radius 2 is 1.43 bits per heavy atom. The standard InChI is InChI=1S/C26H17BrN4O.2CN.Cu/c1-26(2,32)16-6-8-18-20(10-16)21-11-17(27)7-9-19(21)24-23(18)30-25(31-24)22-14(12-28)4-3-5-15(22)13-29;2*1-2;/h3-11,32H,1-2H3,(H,30,31);;;/q;2*-1;+2. The van der Waals surface area contributed by atoms with Gasteiger partial charge in [0.15, 0.2) is 0 Å². The zero-order valence-electron chi connectivity index (χ0n) is 19.6. The van der Waals surface area contributed by atoms with Crippen LogP contribution in [0.2, 0.25) is 0 Å². The van der Waals surface area contributed by atoms with E-state index in [0.717, 1.165) is 42.6 Å². The Labute approximate surface area is 232 Å². The average Bonchev–Trinajstić information content (AvgIpc) is 3.35. The zero-order chi connectivity index (χ0) is 26.6. The van der Waals surface area contributed by atoms with E-state index in [0.29, 0.717) is 22.5 Å². The Bertz CT molecular complexity index is 1710. The summed E-state index contributed by atoms with van der Waals surface area (Å²) in [5.41, 5.74) is 2.71. The van der Waals surface area contributed by atoms with Crippen molar-refractivity contribution in [2.45, 2.75) is 19.4 Å². The van der Waals surface area contributed by atoms with Gasteiger partial charge in [0.25, 0.3) is 0 Å². The van der Waals surface area contributed by atoms with Crippen molar-refractivity contribution in [1.29, 1.82) is 21.0 Å². The molecule has 0 amide bonds. The van der Waals surface area contributed by atoms with Gasteiger partial charge in [-0.3, -0.25) is 0 Å². The van der Waals surface area contributed by atoms with Gasteiger partial charge < -0.3 is 33.8 Å². The first-order valence-corrected chi connectivity index (χ1v) is 11.3. The number of hydrogen-bond donors (Lipinski definition) is 2. The summed E-state index contributed by atoms with van der Waals surface area (Å²) in [6.07, 6.45) is 0. The van der Waals surface area contributed by atoms with Crippen LogP contribution in [0.15, 0.2) is 59.1 Å². The van der Waals surface area contributed by atoms with Crippen molar-refractivity contribution >= 4 is 48.5 Å². The van der Waals surface area contributed by atoms with Crippen LogP contribution < -0.4 is 0 Å². The Kier molecular flexibility index (Phi) is 9.16. The summed E-state index contributed by atoms with van der Waals surface area (Å²) in [5.74, 6) is 0.483. The molecule has 1 aromatic heterocycles. The van der Waals surface area contributed by atoms with Crippen molar-refractivity contribution in [2.24, 2.45) is 0 Å². The number of benzene rings is 4. The summed E-state index contributed by atoms with van der Waals surface area (Å²) >= 11 is 3.57. The van der Waals surface area contributed by atoms with E-state index in [9.17, 15) is 15.6 Å². The Morgan fingerprint density at radius 3 is 2.00 bits per heavy atom. The molecule has 0 atom stereocenters. The molecule has 0 saturated carbocycles. The SMILES string of the molecule is CC(C)(O)c1ccc2c(c1)c1cc(Br)ccc1c1nc(-c3c(C#N)cccc3C#N)[nH]c21.[C-]#N.[C-]#N.[Cu+2]. The molecule has 2 N–H and O–H groups in total. The Morgan fingerprint density at radius 1 is 0.865 bits per heavy atom. The molecule has 0 fully saturated rings. The number of fused-ring (bicyclic) bond motifs is 6. The second kappa shape index (κ2) is 11.7. The van der Waals surface area contributed by atoms with Crippen molar-refractivity contribution in [2.75, 3.05) is 0 Å². The topological polar surface area (TPSA) is 144 Å². The molecule has 5 rings (SSSR count). The first kappa shape index (κ1) is 29.0. The zero-order valence-corrected chi connectivity index (χ0v) is 22.1. The van der Waals surface area contributed by atoms with Crippen LogP contribution in [0, 0.1) is 46.3 Å². The molecule has 0 aliphatic heterocycles. The number of nitrogens with one attached hydrogen (secondary N) is 1. The predicted octanol–water partition coefficient (Wildman–Crippen LogP) is 6.46. The van der Waals surface area contributed by atoms with Crippen molar-refractivity contribution < 1.29 is 22.2 Å². The van der Waals surface area contributed by atoms with Crippen molar-refractivity contribution in [3.8, 4) is 23.5 Å². The average molecular weight is 597 g/mol. The molecule has 0 aliphatic carbocycles. The molecule has 1 heterocycles. The van der Waals surface area contributed by atoms with Gasteiger partial charge in [0.2, 0.25) is 0 Å². The summed E-state index contributed by atoms with van der Waals surface area (Å²) in [5, 5.41) is 46.2. The van der Waals surface area contributed by atoms with Crippen LogP contribution in [0.1, 0.15) is 30.5 Å². The predicted molar refractivity (Wildman–Crippen MR) is 139 cm³/mol. The molecule has 37 heavy (non-hydrogen) atoms. The molecule has 0 saturated heterocycles. The summed E-state index contributed by atoms with van der Waals surface area (Å²) in [6.45, 7) is 13.0. The molecule has 5 aromatic rings. The van der Waals surface area contributed by atoms with Crippen LogP contribution >= 0.6 is 15.9 Å². The van der Waals surface area contributed by atoms with Gasteiger partial charge in [-0.2, -0.15) is 10.5 Å². The fourth-order valence-corrected chi connectivity index (χ4v) is 4.55. The van der Waals surface area contributed by atoms with Gasteiger partial charge in [0.05, 0.1) is 45.5 Å². The molecule has 0 spiro atoms. The maximum Gasteiger partial charge on any atom is 2.00 e. The van der Waals surface area contributed by atoms with Gasteiger partial charge in [-0.25, -0.2) is 4.98 Å². The quantitative estimate of drug-likeness (QED) is 0.136. The molecule has 1 radical (unpaired) electrons. The Balaban J connectivity index is 0.000000919. The smallest absolute Gasteiger partial charge is 0.512 e. The van der Waals surface area contributed by atoms with Crippen LogP contribution in [0.4, 0.5) is 0 Å². The van der Waals surface area contributed by atoms with Crippen molar-refractivity contribution in [3.63, 3.8) is 0 Å². The number of nitriles is 2. The van der Waals surface area contributed by atoms with Gasteiger partial charge in [-0.1, -0.05) is 40.2 Å². The summed E-state index contributed by atoms with van der Waals surface area (Å²) in [7, 11) is 0. The van der Waals surface area contributed by atoms with E-state index in [1.54, 1.807) is 32.0 Å². The number of hydrogen-bond acceptors (Lipinski definition) is 6. The molecule has 183 valence electrons. The maximum absolute atomic E-state index is 10.6. The van der Waals surface area contributed by atoms with E-state index < -0.39 is 5.60 Å². The summed E-state index contributed by atoms with van der Waals surface area (Å²) in [4.78, 5) is 8.24. The van der Waals surface area contributed by atoms with Gasteiger partial charge in [0.1, 0.15) is 5.82 Å². The van der Waals surface area contributed by atoms with Crippen molar-refractivity contribution in [1.82, 2.24) is 9.97 Å². The molecular weight excluding hydrogens is 580 g/mol. The van der Waals surface area contributed by atoms with E-state index >= 15 is 0 Å². The van der Waals surface area contributed by atoms with Gasteiger partial charge in [-0.15, -0.1) is 0 Å². The second-order valence-electron chi connectivity index (χ2n) is 8.27. The third-order valence-electron chi connectivity index (χ3n) is 5.77. The molecule has 0 bridgehead atoms. The number of imidazole rings is 1. The third kappa shape index (κ3) is 5.18. The van der Waals surface area contributed by atoms with Crippen LogP contribution in [0.3, 0.4) is 0 Å². The monoisotopic (exact) mass is 595 g/mol. The summed E-state index contributed by atoms with van der Waals surface area (Å²) < 4.78 is 0.941. The first-order chi connectivity index (χ1) is 17.3. The largest absolute Gasteiger partial charge is 2.00 e. The fourth-order valence-electron chi connectivity index (χ4n) is 4.19. The van der Waals surface area contributed by atoms with E-state index in [1.165, 1.54) is 0 Å². The van der Waals surface area contributed by atoms with Gasteiger partial charge >= 0.3 is 17.1 Å². The maximum atomic E-state index is 10.6. The van der Waals surface area contributed by atoms with E-state index in [4.69, 9.17) is 28.7 Å². The number of aliphatic hydroxyl groups is 1. The molecular formula is C28H17BrCuN6O. The van der Waals surface area contributed by atoms with Crippen LogP contribution in [0.5, 0.6) is 0 Å². The Hall–Kier alpha value is -4.21. The number of nitrogens with zero attached hydrogens (tertiary/aromatic N) is 5. The van der Waals surface area contributed by atoms with Crippen LogP contribution in [-0.4, -0.2) is 15.1 Å².